The van der Waals surface area contributed by atoms with Crippen LogP contribution in [-0.2, 0) is 11.4 Å². The van der Waals surface area contributed by atoms with Crippen molar-refractivity contribution in [1.29, 1.82) is 0 Å². The monoisotopic (exact) mass is 369 g/mol. The summed E-state index contributed by atoms with van der Waals surface area (Å²) in [7, 11) is 0. The molecule has 0 spiro atoms. The maximum absolute atomic E-state index is 11.3. The van der Waals surface area contributed by atoms with Gasteiger partial charge in [0, 0.05) is 5.75 Å². The Morgan fingerprint density at radius 2 is 2.08 bits per heavy atom. The largest absolute Gasteiger partial charge is 0.489 e. The third-order valence-corrected chi connectivity index (χ3v) is 5.98. The van der Waals surface area contributed by atoms with Gasteiger partial charge in [0.2, 0.25) is 5.91 Å². The number of hydrogen-bond acceptors (Lipinski definition) is 6. The number of amides is 1. The zero-order valence-electron chi connectivity index (χ0n) is 13.2. The molecule has 1 amide bonds. The lowest BCUT2D eigenvalue weighted by Gasteiger charge is -2.05. The molecule has 0 radical (unpaired) electrons. The molecule has 1 atom stereocenters. The summed E-state index contributed by atoms with van der Waals surface area (Å²) in [4.78, 5) is 20.2. The van der Waals surface area contributed by atoms with Gasteiger partial charge in [-0.25, -0.2) is 4.98 Å². The molecule has 1 unspecified atom stereocenters. The van der Waals surface area contributed by atoms with Crippen LogP contribution in [0.25, 0.3) is 10.2 Å². The van der Waals surface area contributed by atoms with Gasteiger partial charge in [-0.3, -0.25) is 9.79 Å². The second kappa shape index (κ2) is 6.85. The third-order valence-electron chi connectivity index (χ3n) is 3.77. The van der Waals surface area contributed by atoms with Crippen molar-refractivity contribution in [3.8, 4) is 5.75 Å². The summed E-state index contributed by atoms with van der Waals surface area (Å²) < 4.78 is 6.90. The van der Waals surface area contributed by atoms with E-state index in [0.717, 1.165) is 31.6 Å². The molecule has 2 N–H and O–H groups in total. The number of rotatable bonds is 5. The van der Waals surface area contributed by atoms with E-state index in [1.807, 2.05) is 48.5 Å². The second-order valence-corrected chi connectivity index (χ2v) is 7.63. The molecule has 0 fully saturated rings. The van der Waals surface area contributed by atoms with E-state index >= 15 is 0 Å². The fraction of sp³-hybridized carbons (Fsp3) is 0.167. The number of nitrogens with zero attached hydrogens (tertiary/aromatic N) is 2. The van der Waals surface area contributed by atoms with Gasteiger partial charge in [-0.1, -0.05) is 30.3 Å². The van der Waals surface area contributed by atoms with Gasteiger partial charge in [0.1, 0.15) is 28.4 Å². The second-order valence-electron chi connectivity index (χ2n) is 5.59. The first-order valence-electron chi connectivity index (χ1n) is 7.76. The number of primary amides is 1. The standard InChI is InChI=1S/C18H15N3O2S2/c19-16(22)14-10-24-17(21-14)18-20-13-7-6-12(8-15(13)25-18)23-9-11-4-2-1-3-5-11/h1-8,14H,9-10H2,(H2,19,22). The van der Waals surface area contributed by atoms with E-state index in [0.29, 0.717) is 12.4 Å². The van der Waals surface area contributed by atoms with Crippen molar-refractivity contribution in [2.24, 2.45) is 10.7 Å². The Morgan fingerprint density at radius 3 is 2.84 bits per heavy atom. The number of carbonyl (C=O) groups excluding carboxylic acids is 1. The number of thiazole rings is 1. The molecule has 1 aromatic heterocycles. The number of ether oxygens (including phenoxy) is 1. The van der Waals surface area contributed by atoms with Crippen molar-refractivity contribution in [2.45, 2.75) is 12.6 Å². The van der Waals surface area contributed by atoms with Crippen molar-refractivity contribution in [2.75, 3.05) is 5.75 Å². The number of fused-ring (bicyclic) bond motifs is 1. The molecular weight excluding hydrogens is 354 g/mol. The number of aromatic nitrogens is 1. The molecule has 0 bridgehead atoms. The minimum absolute atomic E-state index is 0.389. The summed E-state index contributed by atoms with van der Waals surface area (Å²) in [5.41, 5.74) is 7.35. The van der Waals surface area contributed by atoms with Gasteiger partial charge in [0.25, 0.3) is 0 Å². The average molecular weight is 369 g/mol. The molecule has 7 heteroatoms. The maximum atomic E-state index is 11.3. The van der Waals surface area contributed by atoms with Crippen LogP contribution in [0.4, 0.5) is 0 Å². The molecule has 2 aromatic carbocycles. The summed E-state index contributed by atoms with van der Waals surface area (Å²) in [5.74, 6) is 1.01. The molecule has 2 heterocycles. The highest BCUT2D eigenvalue weighted by molar-refractivity contribution is 8.15. The van der Waals surface area contributed by atoms with E-state index in [9.17, 15) is 4.79 Å². The van der Waals surface area contributed by atoms with Crippen LogP contribution in [-0.4, -0.2) is 27.7 Å². The maximum Gasteiger partial charge on any atom is 0.243 e. The fourth-order valence-corrected chi connectivity index (χ4v) is 4.58. The molecule has 126 valence electrons. The van der Waals surface area contributed by atoms with Crippen molar-refractivity contribution < 1.29 is 9.53 Å². The van der Waals surface area contributed by atoms with E-state index in [1.165, 1.54) is 11.8 Å². The molecule has 0 aliphatic carbocycles. The molecule has 0 saturated carbocycles. The zero-order chi connectivity index (χ0) is 17.2. The molecule has 1 aliphatic heterocycles. The van der Waals surface area contributed by atoms with Crippen LogP contribution in [0.2, 0.25) is 0 Å². The van der Waals surface area contributed by atoms with E-state index < -0.39 is 6.04 Å². The Labute approximate surface area is 152 Å². The van der Waals surface area contributed by atoms with Crippen LogP contribution in [0.1, 0.15) is 10.6 Å². The van der Waals surface area contributed by atoms with Crippen LogP contribution in [0.15, 0.2) is 53.5 Å². The van der Waals surface area contributed by atoms with Crippen molar-refractivity contribution in [3.63, 3.8) is 0 Å². The summed E-state index contributed by atoms with van der Waals surface area (Å²) in [5, 5.41) is 1.61. The summed E-state index contributed by atoms with van der Waals surface area (Å²) >= 11 is 3.07. The first-order valence-corrected chi connectivity index (χ1v) is 9.57. The number of hydrogen-bond donors (Lipinski definition) is 1. The highest BCUT2D eigenvalue weighted by atomic mass is 32.2. The topological polar surface area (TPSA) is 77.6 Å². The van der Waals surface area contributed by atoms with Gasteiger partial charge in [-0.2, -0.15) is 0 Å². The molecule has 3 aromatic rings. The summed E-state index contributed by atoms with van der Waals surface area (Å²) in [6, 6.07) is 15.5. The third kappa shape index (κ3) is 3.52. The quantitative estimate of drug-likeness (QED) is 0.749. The number of nitrogens with two attached hydrogens (primary N) is 1. The zero-order valence-corrected chi connectivity index (χ0v) is 14.8. The Balaban J connectivity index is 1.53. The van der Waals surface area contributed by atoms with Gasteiger partial charge in [-0.05, 0) is 23.8 Å². The predicted octanol–water partition coefficient (Wildman–Crippen LogP) is 3.22. The lowest BCUT2D eigenvalue weighted by atomic mass is 10.2. The number of carbonyl (C=O) groups is 1. The Morgan fingerprint density at radius 1 is 1.24 bits per heavy atom. The molecule has 25 heavy (non-hydrogen) atoms. The van der Waals surface area contributed by atoms with Gasteiger partial charge >= 0.3 is 0 Å². The molecule has 0 saturated heterocycles. The van der Waals surface area contributed by atoms with Crippen LogP contribution < -0.4 is 10.5 Å². The van der Waals surface area contributed by atoms with E-state index in [1.54, 1.807) is 11.3 Å². The number of aliphatic imine (C=N–C) groups is 1. The highest BCUT2D eigenvalue weighted by Crippen LogP contribution is 2.31. The normalized spacial score (nSPS) is 16.8. The average Bonchev–Trinajstić information content (AvgIpc) is 3.27. The summed E-state index contributed by atoms with van der Waals surface area (Å²) in [6.45, 7) is 0.529. The highest BCUT2D eigenvalue weighted by Gasteiger charge is 2.25. The van der Waals surface area contributed by atoms with Gasteiger partial charge in [-0.15, -0.1) is 23.1 Å². The van der Waals surface area contributed by atoms with Crippen LogP contribution in [0, 0.1) is 0 Å². The van der Waals surface area contributed by atoms with Crippen molar-refractivity contribution in [3.05, 3.63) is 59.1 Å². The number of benzene rings is 2. The lowest BCUT2D eigenvalue weighted by molar-refractivity contribution is -0.118. The fourth-order valence-electron chi connectivity index (χ4n) is 2.46. The molecule has 1 aliphatic rings. The van der Waals surface area contributed by atoms with Gasteiger partial charge in [0.15, 0.2) is 0 Å². The van der Waals surface area contributed by atoms with Gasteiger partial charge in [0.05, 0.1) is 10.2 Å². The Bertz CT molecular complexity index is 953. The summed E-state index contributed by atoms with van der Waals surface area (Å²) in [6.07, 6.45) is 0. The van der Waals surface area contributed by atoms with E-state index in [4.69, 9.17) is 10.5 Å². The Kier molecular flexibility index (Phi) is 4.42. The molecule has 4 rings (SSSR count). The van der Waals surface area contributed by atoms with Gasteiger partial charge < -0.3 is 10.5 Å². The minimum atomic E-state index is -0.447. The van der Waals surface area contributed by atoms with Crippen molar-refractivity contribution in [1.82, 2.24) is 4.98 Å². The minimum Gasteiger partial charge on any atom is -0.489 e. The molecular formula is C18H15N3O2S2. The SMILES string of the molecule is NC(=O)C1CSC(c2nc3ccc(OCc4ccccc4)cc3s2)=N1. The first-order chi connectivity index (χ1) is 12.2. The van der Waals surface area contributed by atoms with Crippen LogP contribution in [0.3, 0.4) is 0 Å². The number of thioether (sulfide) groups is 1. The lowest BCUT2D eigenvalue weighted by Crippen LogP contribution is -2.26. The van der Waals surface area contributed by atoms with E-state index in [2.05, 4.69) is 9.98 Å². The molecule has 5 nitrogen and oxygen atoms in total. The van der Waals surface area contributed by atoms with Crippen molar-refractivity contribution >= 4 is 44.3 Å². The van der Waals surface area contributed by atoms with E-state index in [-0.39, 0.29) is 5.91 Å². The predicted molar refractivity (Wildman–Crippen MR) is 102 cm³/mol. The van der Waals surface area contributed by atoms with Crippen LogP contribution in [0.5, 0.6) is 5.75 Å². The smallest absolute Gasteiger partial charge is 0.243 e. The first kappa shape index (κ1) is 16.1. The Hall–Kier alpha value is -2.38. The van der Waals surface area contributed by atoms with Crippen LogP contribution >= 0.6 is 23.1 Å².